The lowest BCUT2D eigenvalue weighted by molar-refractivity contribution is -0.160. The highest BCUT2D eigenvalue weighted by molar-refractivity contribution is 8.01. The van der Waals surface area contributed by atoms with Gasteiger partial charge < -0.3 is 25.4 Å². The van der Waals surface area contributed by atoms with Crippen LogP contribution in [0.15, 0.2) is 60.1 Å². The molecule has 7 nitrogen and oxygen atoms in total. The summed E-state index contributed by atoms with van der Waals surface area (Å²) in [5.41, 5.74) is 8.66. The molecule has 2 atom stereocenters. The van der Waals surface area contributed by atoms with Gasteiger partial charge in [-0.25, -0.2) is 0 Å². The van der Waals surface area contributed by atoms with Gasteiger partial charge >= 0.3 is 0 Å². The minimum absolute atomic E-state index is 0.0167. The number of rotatable bonds is 8. The number of ether oxygens (including phenoxy) is 2. The van der Waals surface area contributed by atoms with Crippen LogP contribution >= 0.6 is 23.4 Å². The number of hydrogen-bond donors (Lipinski definition) is 2. The average Bonchev–Trinajstić information content (AvgIpc) is 3.50. The Kier molecular flexibility index (Phi) is 10.7. The van der Waals surface area contributed by atoms with E-state index in [0.29, 0.717) is 24.6 Å². The van der Waals surface area contributed by atoms with Crippen molar-refractivity contribution in [2.75, 3.05) is 13.2 Å². The summed E-state index contributed by atoms with van der Waals surface area (Å²) in [5.74, 6) is 0.254. The molecule has 0 radical (unpaired) electrons. The Morgan fingerprint density at radius 3 is 2.64 bits per heavy atom. The molecule has 0 aliphatic carbocycles. The Morgan fingerprint density at radius 2 is 2.00 bits per heavy atom. The number of amides is 2. The standard InChI is InChI=1S/C16H20ClNO3.C11H14N2OS/c1-16(2)20-10-14(21-16)15(19)18-8-4-7-13(18)11-5-3-6-12(17)9-11;12-5-6-15-8-11-3-1-10(2-4-11)7-13-9-14/h3,5-6,9,13-14H,4,7-8,10H2,1-2H3;1-6,9H,7-8,12H2,(H,13,14)/b;6-5-/t13?,14-;/m1./s1. The molecule has 3 N–H and O–H groups in total. The molecule has 2 aromatic rings. The molecule has 4 rings (SSSR count). The molecule has 2 aliphatic rings. The molecule has 2 aliphatic heterocycles. The van der Waals surface area contributed by atoms with E-state index in [2.05, 4.69) is 17.4 Å². The van der Waals surface area contributed by atoms with E-state index < -0.39 is 11.9 Å². The summed E-state index contributed by atoms with van der Waals surface area (Å²) >= 11 is 7.72. The Balaban J connectivity index is 0.000000214. The molecule has 9 heteroatoms. The molecule has 36 heavy (non-hydrogen) atoms. The number of halogens is 1. The van der Waals surface area contributed by atoms with E-state index in [1.807, 2.05) is 60.6 Å². The second-order valence-electron chi connectivity index (χ2n) is 9.02. The molecule has 2 fully saturated rings. The van der Waals surface area contributed by atoms with Crippen LogP contribution in [0.2, 0.25) is 5.02 Å². The van der Waals surface area contributed by atoms with Crippen LogP contribution in [0, 0.1) is 0 Å². The van der Waals surface area contributed by atoms with Crippen LogP contribution in [0.1, 0.15) is 49.4 Å². The van der Waals surface area contributed by atoms with Crippen molar-refractivity contribution < 1.29 is 19.1 Å². The normalized spacial score (nSPS) is 20.7. The summed E-state index contributed by atoms with van der Waals surface area (Å²) in [6.45, 7) is 5.33. The highest BCUT2D eigenvalue weighted by Gasteiger charge is 2.41. The number of carbonyl (C=O) groups is 2. The zero-order valence-corrected chi connectivity index (χ0v) is 22.3. The van der Waals surface area contributed by atoms with Crippen LogP contribution in [0.3, 0.4) is 0 Å². The van der Waals surface area contributed by atoms with Gasteiger partial charge in [0.1, 0.15) is 0 Å². The summed E-state index contributed by atoms with van der Waals surface area (Å²) in [6, 6.07) is 16.0. The Hall–Kier alpha value is -2.52. The van der Waals surface area contributed by atoms with Gasteiger partial charge in [0.05, 0.1) is 12.6 Å². The molecule has 0 spiro atoms. The van der Waals surface area contributed by atoms with Gasteiger partial charge in [-0.15, -0.1) is 11.8 Å². The quantitative estimate of drug-likeness (QED) is 0.477. The maximum absolute atomic E-state index is 12.7. The third-order valence-electron chi connectivity index (χ3n) is 5.89. The smallest absolute Gasteiger partial charge is 0.254 e. The lowest BCUT2D eigenvalue weighted by Crippen LogP contribution is -2.40. The highest BCUT2D eigenvalue weighted by Crippen LogP contribution is 2.35. The minimum Gasteiger partial charge on any atom is -0.404 e. The van der Waals surface area contributed by atoms with Crippen LogP contribution in [0.25, 0.3) is 0 Å². The molecule has 2 heterocycles. The second-order valence-corrected chi connectivity index (χ2v) is 10.3. The maximum Gasteiger partial charge on any atom is 0.254 e. The molecule has 0 bridgehead atoms. The van der Waals surface area contributed by atoms with E-state index in [1.54, 1.807) is 11.8 Å². The number of benzene rings is 2. The summed E-state index contributed by atoms with van der Waals surface area (Å²) in [7, 11) is 0. The molecule has 2 aromatic carbocycles. The summed E-state index contributed by atoms with van der Waals surface area (Å²) in [5, 5.41) is 5.19. The van der Waals surface area contributed by atoms with Crippen molar-refractivity contribution in [2.24, 2.45) is 5.73 Å². The van der Waals surface area contributed by atoms with Crippen molar-refractivity contribution in [3.63, 3.8) is 0 Å². The van der Waals surface area contributed by atoms with Crippen molar-refractivity contribution in [1.29, 1.82) is 0 Å². The highest BCUT2D eigenvalue weighted by atomic mass is 35.5. The van der Waals surface area contributed by atoms with E-state index >= 15 is 0 Å². The van der Waals surface area contributed by atoms with E-state index in [1.165, 1.54) is 11.8 Å². The Bertz CT molecular complexity index is 1030. The van der Waals surface area contributed by atoms with Crippen molar-refractivity contribution in [3.05, 3.63) is 81.9 Å². The van der Waals surface area contributed by atoms with Crippen LogP contribution in [-0.4, -0.2) is 42.3 Å². The van der Waals surface area contributed by atoms with E-state index in [-0.39, 0.29) is 11.9 Å². The maximum atomic E-state index is 12.7. The number of carbonyl (C=O) groups excluding carboxylic acids is 2. The van der Waals surface area contributed by atoms with Gasteiger partial charge in [-0.2, -0.15) is 0 Å². The molecule has 0 saturated carbocycles. The zero-order chi connectivity index (χ0) is 26.0. The largest absolute Gasteiger partial charge is 0.404 e. The average molecular weight is 532 g/mol. The monoisotopic (exact) mass is 531 g/mol. The minimum atomic E-state index is -0.675. The first-order valence-corrected chi connectivity index (χ1v) is 13.4. The van der Waals surface area contributed by atoms with Gasteiger partial charge in [0, 0.05) is 30.1 Å². The molecule has 194 valence electrons. The Morgan fingerprint density at radius 1 is 1.25 bits per heavy atom. The fourth-order valence-electron chi connectivity index (χ4n) is 4.20. The first kappa shape index (κ1) is 28.1. The van der Waals surface area contributed by atoms with Gasteiger partial charge in [-0.05, 0) is 60.9 Å². The predicted octanol–water partition coefficient (Wildman–Crippen LogP) is 4.75. The van der Waals surface area contributed by atoms with Crippen LogP contribution in [0.4, 0.5) is 0 Å². The number of thioether (sulfide) groups is 1. The molecular weight excluding hydrogens is 498 g/mol. The predicted molar refractivity (Wildman–Crippen MR) is 144 cm³/mol. The van der Waals surface area contributed by atoms with Gasteiger partial charge in [0.2, 0.25) is 6.41 Å². The SMILES string of the molecule is CC1(C)OC[C@H](C(=O)N2CCCC2c2cccc(Cl)c2)O1.N/C=C\SCc1ccc(CNC=O)cc1. The van der Waals surface area contributed by atoms with Gasteiger partial charge in [0.25, 0.3) is 5.91 Å². The van der Waals surface area contributed by atoms with Crippen molar-refractivity contribution in [1.82, 2.24) is 10.2 Å². The second kappa shape index (κ2) is 13.7. The topological polar surface area (TPSA) is 93.9 Å². The molecule has 0 aromatic heterocycles. The lowest BCUT2D eigenvalue weighted by atomic mass is 10.0. The van der Waals surface area contributed by atoms with E-state index in [9.17, 15) is 9.59 Å². The molecular formula is C27H34ClN3O4S. The Labute approximate surface area is 222 Å². The number of hydrogen-bond acceptors (Lipinski definition) is 6. The molecule has 2 amide bonds. The first-order valence-electron chi connectivity index (χ1n) is 11.9. The molecule has 2 saturated heterocycles. The fourth-order valence-corrected chi connectivity index (χ4v) is 4.99. The molecule has 1 unspecified atom stereocenters. The van der Waals surface area contributed by atoms with Gasteiger partial charge in [-0.1, -0.05) is 48.0 Å². The summed E-state index contributed by atoms with van der Waals surface area (Å²) < 4.78 is 11.2. The third-order valence-corrected chi connectivity index (χ3v) is 6.98. The number of nitrogens with two attached hydrogens (primary N) is 1. The lowest BCUT2D eigenvalue weighted by Gasteiger charge is -2.27. The summed E-state index contributed by atoms with van der Waals surface area (Å²) in [6.07, 6.45) is 3.70. The first-order chi connectivity index (χ1) is 17.3. The van der Waals surface area contributed by atoms with Crippen LogP contribution in [0.5, 0.6) is 0 Å². The zero-order valence-electron chi connectivity index (χ0n) is 20.7. The van der Waals surface area contributed by atoms with Crippen molar-refractivity contribution >= 4 is 35.7 Å². The van der Waals surface area contributed by atoms with Crippen LogP contribution in [-0.2, 0) is 31.4 Å². The van der Waals surface area contributed by atoms with Crippen molar-refractivity contribution in [3.8, 4) is 0 Å². The number of likely N-dealkylation sites (tertiary alicyclic amines) is 1. The van der Waals surface area contributed by atoms with E-state index in [4.69, 9.17) is 26.8 Å². The fraction of sp³-hybridized carbons (Fsp3) is 0.407. The number of nitrogens with zero attached hydrogens (tertiary/aromatic N) is 1. The van der Waals surface area contributed by atoms with Crippen LogP contribution < -0.4 is 11.1 Å². The van der Waals surface area contributed by atoms with Gasteiger partial charge in [0.15, 0.2) is 11.9 Å². The van der Waals surface area contributed by atoms with E-state index in [0.717, 1.165) is 36.3 Å². The van der Waals surface area contributed by atoms with Gasteiger partial charge in [-0.3, -0.25) is 9.59 Å². The summed E-state index contributed by atoms with van der Waals surface area (Å²) in [4.78, 5) is 24.7. The van der Waals surface area contributed by atoms with Crippen molar-refractivity contribution in [2.45, 2.75) is 56.9 Å². The third kappa shape index (κ3) is 8.27. The number of nitrogens with one attached hydrogen (secondary N) is 1.